The molecule has 1 heterocycles. The third-order valence-electron chi connectivity index (χ3n) is 4.96. The van der Waals surface area contributed by atoms with Crippen LogP contribution in [-0.4, -0.2) is 37.0 Å². The first-order valence-corrected chi connectivity index (χ1v) is 9.55. The predicted octanol–water partition coefficient (Wildman–Crippen LogP) is 4.28. The van der Waals surface area contributed by atoms with Gasteiger partial charge < -0.3 is 9.64 Å². The number of benzene rings is 2. The fourth-order valence-electron chi connectivity index (χ4n) is 3.72. The maximum absolute atomic E-state index is 12.9. The van der Waals surface area contributed by atoms with Crippen LogP contribution in [0.15, 0.2) is 54.6 Å². The van der Waals surface area contributed by atoms with Crippen molar-refractivity contribution in [2.45, 2.75) is 32.7 Å². The van der Waals surface area contributed by atoms with Gasteiger partial charge in [-0.3, -0.25) is 9.69 Å². The van der Waals surface area contributed by atoms with Gasteiger partial charge in [-0.2, -0.15) is 0 Å². The first-order chi connectivity index (χ1) is 12.7. The van der Waals surface area contributed by atoms with E-state index in [0.29, 0.717) is 25.7 Å². The summed E-state index contributed by atoms with van der Waals surface area (Å²) in [5.41, 5.74) is 2.23. The number of para-hydroxylation sites is 1. The number of amides is 1. The lowest BCUT2D eigenvalue weighted by Crippen LogP contribution is -2.40. The number of ether oxygens (including phenoxy) is 1. The van der Waals surface area contributed by atoms with E-state index >= 15 is 0 Å². The molecule has 4 heteroatoms. The largest absolute Gasteiger partial charge is 0.494 e. The van der Waals surface area contributed by atoms with Crippen molar-refractivity contribution in [1.82, 2.24) is 4.90 Å². The molecule has 2 aromatic rings. The highest BCUT2D eigenvalue weighted by Gasteiger charge is 2.29. The van der Waals surface area contributed by atoms with Gasteiger partial charge in [0.15, 0.2) is 0 Å². The summed E-state index contributed by atoms with van der Waals surface area (Å²) in [5.74, 6) is 1.06. The quantitative estimate of drug-likeness (QED) is 0.746. The summed E-state index contributed by atoms with van der Waals surface area (Å²) in [7, 11) is 0. The molecular formula is C22H28N2O2. The molecular weight excluding hydrogens is 324 g/mol. The zero-order valence-corrected chi connectivity index (χ0v) is 15.7. The van der Waals surface area contributed by atoms with Crippen molar-refractivity contribution in [3.8, 4) is 5.75 Å². The van der Waals surface area contributed by atoms with Crippen LogP contribution < -0.4 is 9.64 Å². The minimum atomic E-state index is 0.163. The van der Waals surface area contributed by atoms with E-state index < -0.39 is 0 Å². The van der Waals surface area contributed by atoms with Crippen molar-refractivity contribution in [3.05, 3.63) is 60.2 Å². The lowest BCUT2D eigenvalue weighted by Gasteiger charge is -2.28. The van der Waals surface area contributed by atoms with Crippen LogP contribution >= 0.6 is 0 Å². The number of hydrogen-bond donors (Lipinski definition) is 0. The van der Waals surface area contributed by atoms with Gasteiger partial charge >= 0.3 is 0 Å². The van der Waals surface area contributed by atoms with Crippen molar-refractivity contribution in [2.75, 3.05) is 31.1 Å². The molecule has 0 N–H and O–H groups in total. The number of hydrogen-bond acceptors (Lipinski definition) is 3. The Morgan fingerprint density at radius 1 is 1.12 bits per heavy atom. The maximum Gasteiger partial charge on any atom is 0.241 e. The number of nitrogens with zero attached hydrogens (tertiary/aromatic N) is 2. The Labute approximate surface area is 156 Å². The molecule has 1 atom stereocenters. The topological polar surface area (TPSA) is 32.8 Å². The SMILES string of the molecule is CCOc1ccc([C@H]2CCCN2CC(=O)N(CC)c2ccccc2)cc1. The number of carbonyl (C=O) groups is 1. The summed E-state index contributed by atoms with van der Waals surface area (Å²) in [6.45, 7) is 6.81. The lowest BCUT2D eigenvalue weighted by atomic mass is 10.0. The molecule has 1 amide bonds. The molecule has 0 aromatic heterocycles. The molecule has 1 aliphatic rings. The Hall–Kier alpha value is -2.33. The van der Waals surface area contributed by atoms with Gasteiger partial charge in [-0.1, -0.05) is 30.3 Å². The van der Waals surface area contributed by atoms with Crippen LogP contribution in [0.2, 0.25) is 0 Å². The smallest absolute Gasteiger partial charge is 0.241 e. The third-order valence-corrected chi connectivity index (χ3v) is 4.96. The monoisotopic (exact) mass is 352 g/mol. The minimum absolute atomic E-state index is 0.163. The molecule has 3 rings (SSSR count). The van der Waals surface area contributed by atoms with Crippen LogP contribution in [0.25, 0.3) is 0 Å². The number of likely N-dealkylation sites (N-methyl/N-ethyl adjacent to an activating group) is 1. The van der Waals surface area contributed by atoms with Gasteiger partial charge in [0.25, 0.3) is 0 Å². The molecule has 0 radical (unpaired) electrons. The minimum Gasteiger partial charge on any atom is -0.494 e. The summed E-state index contributed by atoms with van der Waals surface area (Å²) in [4.78, 5) is 17.1. The molecule has 2 aromatic carbocycles. The maximum atomic E-state index is 12.9. The standard InChI is InChI=1S/C22H28N2O2/c1-3-24(19-9-6-5-7-10-19)22(25)17-23-16-8-11-21(23)18-12-14-20(15-13-18)26-4-2/h5-7,9-10,12-15,21H,3-4,8,11,16-17H2,1-2H3/t21-/m1/s1. The van der Waals surface area contributed by atoms with E-state index in [1.807, 2.05) is 61.2 Å². The number of rotatable bonds is 7. The Morgan fingerprint density at radius 3 is 2.50 bits per heavy atom. The summed E-state index contributed by atoms with van der Waals surface area (Å²) in [6, 6.07) is 18.5. The summed E-state index contributed by atoms with van der Waals surface area (Å²) in [5, 5.41) is 0. The van der Waals surface area contributed by atoms with Crippen molar-refractivity contribution in [1.29, 1.82) is 0 Å². The molecule has 138 valence electrons. The van der Waals surface area contributed by atoms with Gasteiger partial charge in [-0.25, -0.2) is 0 Å². The molecule has 1 fully saturated rings. The second kappa shape index (κ2) is 8.86. The third kappa shape index (κ3) is 4.25. The highest BCUT2D eigenvalue weighted by Crippen LogP contribution is 2.32. The average Bonchev–Trinajstić information content (AvgIpc) is 3.12. The zero-order valence-electron chi connectivity index (χ0n) is 15.7. The first kappa shape index (κ1) is 18.5. The van der Waals surface area contributed by atoms with Crippen LogP contribution in [0.4, 0.5) is 5.69 Å². The van der Waals surface area contributed by atoms with E-state index in [4.69, 9.17) is 4.74 Å². The van der Waals surface area contributed by atoms with Crippen LogP contribution in [0.5, 0.6) is 5.75 Å². The Bertz CT molecular complexity index is 700. The van der Waals surface area contributed by atoms with E-state index in [1.165, 1.54) is 5.56 Å². The van der Waals surface area contributed by atoms with E-state index in [-0.39, 0.29) is 5.91 Å². The molecule has 0 spiro atoms. The number of likely N-dealkylation sites (tertiary alicyclic amines) is 1. The predicted molar refractivity (Wildman–Crippen MR) is 106 cm³/mol. The molecule has 0 unspecified atom stereocenters. The van der Waals surface area contributed by atoms with Crippen molar-refractivity contribution in [2.24, 2.45) is 0 Å². The van der Waals surface area contributed by atoms with Crippen LogP contribution in [0.3, 0.4) is 0 Å². The summed E-state index contributed by atoms with van der Waals surface area (Å²) < 4.78 is 5.54. The summed E-state index contributed by atoms with van der Waals surface area (Å²) in [6.07, 6.45) is 2.22. The highest BCUT2D eigenvalue weighted by atomic mass is 16.5. The van der Waals surface area contributed by atoms with Crippen molar-refractivity contribution < 1.29 is 9.53 Å². The van der Waals surface area contributed by atoms with Crippen LogP contribution in [-0.2, 0) is 4.79 Å². The Morgan fingerprint density at radius 2 is 1.85 bits per heavy atom. The molecule has 1 aliphatic heterocycles. The fraction of sp³-hybridized carbons (Fsp3) is 0.409. The molecule has 0 bridgehead atoms. The molecule has 0 saturated carbocycles. The molecule has 4 nitrogen and oxygen atoms in total. The Kier molecular flexibility index (Phi) is 6.29. The molecule has 26 heavy (non-hydrogen) atoms. The van der Waals surface area contributed by atoms with Crippen molar-refractivity contribution in [3.63, 3.8) is 0 Å². The highest BCUT2D eigenvalue weighted by molar-refractivity contribution is 5.94. The van der Waals surface area contributed by atoms with Crippen molar-refractivity contribution >= 4 is 11.6 Å². The average molecular weight is 352 g/mol. The second-order valence-corrected chi connectivity index (χ2v) is 6.60. The van der Waals surface area contributed by atoms with Gasteiger partial charge in [0.05, 0.1) is 13.2 Å². The second-order valence-electron chi connectivity index (χ2n) is 6.60. The first-order valence-electron chi connectivity index (χ1n) is 9.55. The van der Waals surface area contributed by atoms with E-state index in [9.17, 15) is 4.79 Å². The van der Waals surface area contributed by atoms with Gasteiger partial charge in [-0.15, -0.1) is 0 Å². The van der Waals surface area contributed by atoms with E-state index in [0.717, 1.165) is 30.8 Å². The Balaban J connectivity index is 1.69. The number of carbonyl (C=O) groups excluding carboxylic acids is 1. The van der Waals surface area contributed by atoms with E-state index in [1.54, 1.807) is 0 Å². The van der Waals surface area contributed by atoms with Gasteiger partial charge in [0, 0.05) is 18.3 Å². The van der Waals surface area contributed by atoms with E-state index in [2.05, 4.69) is 17.0 Å². The zero-order chi connectivity index (χ0) is 18.4. The summed E-state index contributed by atoms with van der Waals surface area (Å²) >= 11 is 0. The van der Waals surface area contributed by atoms with Gasteiger partial charge in [0.2, 0.25) is 5.91 Å². The fourth-order valence-corrected chi connectivity index (χ4v) is 3.72. The van der Waals surface area contributed by atoms with Gasteiger partial charge in [0.1, 0.15) is 5.75 Å². The van der Waals surface area contributed by atoms with Crippen LogP contribution in [0.1, 0.15) is 38.3 Å². The van der Waals surface area contributed by atoms with Gasteiger partial charge in [-0.05, 0) is 63.1 Å². The number of anilines is 1. The normalized spacial score (nSPS) is 17.2. The molecule has 0 aliphatic carbocycles. The lowest BCUT2D eigenvalue weighted by molar-refractivity contribution is -0.119. The van der Waals surface area contributed by atoms with Crippen LogP contribution in [0, 0.1) is 0 Å². The molecule has 1 saturated heterocycles.